The first-order valence-corrected chi connectivity index (χ1v) is 6.01. The molecular formula is C12H11ClOS. The minimum absolute atomic E-state index is 0.710. The molecule has 2 aromatic rings. The van der Waals surface area contributed by atoms with Gasteiger partial charge in [0.1, 0.15) is 5.75 Å². The number of benzene rings is 1. The van der Waals surface area contributed by atoms with Crippen LogP contribution in [0.2, 0.25) is 5.02 Å². The fourth-order valence-electron chi connectivity index (χ4n) is 1.26. The van der Waals surface area contributed by atoms with Crippen LogP contribution in [0, 0.1) is 0 Å². The Labute approximate surface area is 98.3 Å². The lowest BCUT2D eigenvalue weighted by Gasteiger charge is -2.04. The summed E-state index contributed by atoms with van der Waals surface area (Å²) in [5, 5.41) is 2.82. The van der Waals surface area contributed by atoms with Gasteiger partial charge in [-0.1, -0.05) is 17.7 Å². The van der Waals surface area contributed by atoms with E-state index in [0.29, 0.717) is 6.61 Å². The Hall–Kier alpha value is -0.990. The van der Waals surface area contributed by atoms with Crippen molar-refractivity contribution in [1.29, 1.82) is 0 Å². The predicted octanol–water partition coefficient (Wildman–Crippen LogP) is 4.02. The first kappa shape index (κ1) is 10.5. The van der Waals surface area contributed by atoms with E-state index in [2.05, 4.69) is 17.5 Å². The highest BCUT2D eigenvalue weighted by molar-refractivity contribution is 7.09. The third-order valence-corrected chi connectivity index (χ3v) is 3.20. The van der Waals surface area contributed by atoms with E-state index in [0.717, 1.165) is 17.2 Å². The molecule has 0 unspecified atom stereocenters. The van der Waals surface area contributed by atoms with Crippen LogP contribution in [0.1, 0.15) is 4.88 Å². The quantitative estimate of drug-likeness (QED) is 0.782. The first-order chi connectivity index (χ1) is 7.34. The van der Waals surface area contributed by atoms with Gasteiger partial charge in [0, 0.05) is 16.3 Å². The van der Waals surface area contributed by atoms with E-state index in [4.69, 9.17) is 16.3 Å². The highest BCUT2D eigenvalue weighted by Gasteiger charge is 1.96. The molecule has 1 aromatic carbocycles. The van der Waals surface area contributed by atoms with Gasteiger partial charge < -0.3 is 4.74 Å². The maximum absolute atomic E-state index is 5.77. The molecule has 0 aliphatic heterocycles. The average Bonchev–Trinajstić information content (AvgIpc) is 2.74. The minimum Gasteiger partial charge on any atom is -0.493 e. The number of halogens is 1. The summed E-state index contributed by atoms with van der Waals surface area (Å²) in [4.78, 5) is 1.35. The first-order valence-electron chi connectivity index (χ1n) is 4.75. The molecule has 3 heteroatoms. The lowest BCUT2D eigenvalue weighted by molar-refractivity contribution is 0.323. The van der Waals surface area contributed by atoms with Crippen molar-refractivity contribution in [1.82, 2.24) is 0 Å². The molecule has 0 aliphatic rings. The van der Waals surface area contributed by atoms with Crippen LogP contribution in [0.3, 0.4) is 0 Å². The normalized spacial score (nSPS) is 10.2. The molecule has 0 saturated carbocycles. The molecule has 1 heterocycles. The Morgan fingerprint density at radius 2 is 1.93 bits per heavy atom. The zero-order chi connectivity index (χ0) is 10.5. The lowest BCUT2D eigenvalue weighted by Crippen LogP contribution is -1.99. The van der Waals surface area contributed by atoms with Crippen LogP contribution in [0.25, 0.3) is 0 Å². The van der Waals surface area contributed by atoms with Crippen molar-refractivity contribution in [3.63, 3.8) is 0 Å². The van der Waals surface area contributed by atoms with Gasteiger partial charge >= 0.3 is 0 Å². The molecule has 0 spiro atoms. The second-order valence-corrected chi connectivity index (χ2v) is 4.60. The zero-order valence-corrected chi connectivity index (χ0v) is 9.72. The highest BCUT2D eigenvalue weighted by atomic mass is 35.5. The van der Waals surface area contributed by atoms with Gasteiger partial charge in [-0.05, 0) is 35.7 Å². The van der Waals surface area contributed by atoms with Crippen LogP contribution in [-0.2, 0) is 6.42 Å². The Balaban J connectivity index is 1.81. The molecule has 2 rings (SSSR count). The maximum Gasteiger partial charge on any atom is 0.119 e. The van der Waals surface area contributed by atoms with Crippen LogP contribution >= 0.6 is 22.9 Å². The van der Waals surface area contributed by atoms with E-state index in [-0.39, 0.29) is 0 Å². The van der Waals surface area contributed by atoms with Crippen molar-refractivity contribution >= 4 is 22.9 Å². The molecule has 0 N–H and O–H groups in total. The van der Waals surface area contributed by atoms with E-state index in [9.17, 15) is 0 Å². The van der Waals surface area contributed by atoms with Gasteiger partial charge in [-0.15, -0.1) is 11.3 Å². The number of hydrogen-bond donors (Lipinski definition) is 0. The van der Waals surface area contributed by atoms with Crippen molar-refractivity contribution in [2.45, 2.75) is 6.42 Å². The molecule has 0 radical (unpaired) electrons. The monoisotopic (exact) mass is 238 g/mol. The van der Waals surface area contributed by atoms with Crippen LogP contribution in [-0.4, -0.2) is 6.61 Å². The van der Waals surface area contributed by atoms with E-state index >= 15 is 0 Å². The van der Waals surface area contributed by atoms with Gasteiger partial charge in [-0.3, -0.25) is 0 Å². The summed E-state index contributed by atoms with van der Waals surface area (Å²) in [7, 11) is 0. The third-order valence-electron chi connectivity index (χ3n) is 2.01. The maximum atomic E-state index is 5.77. The molecule has 0 atom stereocenters. The number of hydrogen-bond acceptors (Lipinski definition) is 2. The Kier molecular flexibility index (Phi) is 3.64. The van der Waals surface area contributed by atoms with E-state index in [1.165, 1.54) is 4.88 Å². The van der Waals surface area contributed by atoms with Crippen molar-refractivity contribution in [2.75, 3.05) is 6.61 Å². The molecule has 0 amide bonds. The molecular weight excluding hydrogens is 228 g/mol. The number of rotatable bonds is 4. The molecule has 0 bridgehead atoms. The SMILES string of the molecule is Clc1ccc(OCCc2cccs2)cc1. The molecule has 0 aliphatic carbocycles. The second-order valence-electron chi connectivity index (χ2n) is 3.13. The molecule has 0 saturated heterocycles. The number of ether oxygens (including phenoxy) is 1. The molecule has 15 heavy (non-hydrogen) atoms. The standard InChI is InChI=1S/C12H11ClOS/c13-10-3-5-11(6-4-10)14-8-7-12-2-1-9-15-12/h1-6,9H,7-8H2. The summed E-state index contributed by atoms with van der Waals surface area (Å²) in [5.41, 5.74) is 0. The van der Waals surface area contributed by atoms with Gasteiger partial charge in [0.15, 0.2) is 0 Å². The molecule has 1 nitrogen and oxygen atoms in total. The van der Waals surface area contributed by atoms with Crippen LogP contribution in [0.15, 0.2) is 41.8 Å². The topological polar surface area (TPSA) is 9.23 Å². The van der Waals surface area contributed by atoms with Crippen molar-refractivity contribution in [3.05, 3.63) is 51.7 Å². The fourth-order valence-corrected chi connectivity index (χ4v) is 2.07. The second kappa shape index (κ2) is 5.19. The van der Waals surface area contributed by atoms with Gasteiger partial charge in [-0.2, -0.15) is 0 Å². The predicted molar refractivity (Wildman–Crippen MR) is 65.0 cm³/mol. The fraction of sp³-hybridized carbons (Fsp3) is 0.167. The summed E-state index contributed by atoms with van der Waals surface area (Å²) in [5.74, 6) is 0.871. The molecule has 1 aromatic heterocycles. The zero-order valence-electron chi connectivity index (χ0n) is 8.15. The third kappa shape index (κ3) is 3.26. The van der Waals surface area contributed by atoms with Crippen molar-refractivity contribution < 1.29 is 4.74 Å². The van der Waals surface area contributed by atoms with Gasteiger partial charge in [0.2, 0.25) is 0 Å². The highest BCUT2D eigenvalue weighted by Crippen LogP contribution is 2.16. The Morgan fingerprint density at radius 1 is 1.13 bits per heavy atom. The molecule has 78 valence electrons. The van der Waals surface area contributed by atoms with E-state index in [1.807, 2.05) is 24.3 Å². The van der Waals surface area contributed by atoms with Gasteiger partial charge in [0.05, 0.1) is 6.61 Å². The van der Waals surface area contributed by atoms with E-state index < -0.39 is 0 Å². The molecule has 0 fully saturated rings. The van der Waals surface area contributed by atoms with Gasteiger partial charge in [0.25, 0.3) is 0 Å². The minimum atomic E-state index is 0.710. The largest absolute Gasteiger partial charge is 0.493 e. The number of thiophene rings is 1. The average molecular weight is 239 g/mol. The smallest absolute Gasteiger partial charge is 0.119 e. The van der Waals surface area contributed by atoms with Crippen LogP contribution < -0.4 is 4.74 Å². The Morgan fingerprint density at radius 3 is 2.60 bits per heavy atom. The van der Waals surface area contributed by atoms with Crippen LogP contribution in [0.4, 0.5) is 0 Å². The lowest BCUT2D eigenvalue weighted by atomic mass is 10.3. The summed E-state index contributed by atoms with van der Waals surface area (Å²) >= 11 is 7.53. The van der Waals surface area contributed by atoms with Crippen LogP contribution in [0.5, 0.6) is 5.75 Å². The summed E-state index contributed by atoms with van der Waals surface area (Å²) in [6.07, 6.45) is 0.959. The van der Waals surface area contributed by atoms with Crippen molar-refractivity contribution in [3.8, 4) is 5.75 Å². The summed E-state index contributed by atoms with van der Waals surface area (Å²) < 4.78 is 5.58. The van der Waals surface area contributed by atoms with Gasteiger partial charge in [-0.25, -0.2) is 0 Å². The Bertz CT molecular complexity index is 394. The van der Waals surface area contributed by atoms with E-state index in [1.54, 1.807) is 11.3 Å². The summed E-state index contributed by atoms with van der Waals surface area (Å²) in [6.45, 7) is 0.710. The van der Waals surface area contributed by atoms with Crippen molar-refractivity contribution in [2.24, 2.45) is 0 Å². The summed E-state index contributed by atoms with van der Waals surface area (Å²) in [6, 6.07) is 11.6.